The van der Waals surface area contributed by atoms with Crippen molar-refractivity contribution in [3.05, 3.63) is 5.21 Å². The van der Waals surface area contributed by atoms with Crippen LogP contribution in [0.3, 0.4) is 0 Å². The molecule has 0 atom stereocenters. The summed E-state index contributed by atoms with van der Waals surface area (Å²) in [7, 11) is 7.37. The molecule has 0 bridgehead atoms. The first-order chi connectivity index (χ1) is 8.86. The Labute approximate surface area is 121 Å². The topological polar surface area (TPSA) is 30.7 Å². The lowest BCUT2D eigenvalue weighted by atomic mass is 10.0. The number of unbranched alkanes of at least 4 members (excludes halogenated alkanes) is 6. The zero-order valence-electron chi connectivity index (χ0n) is 14.3. The molecule has 0 amide bonds. The molecule has 3 heteroatoms. The molecule has 0 aliphatic heterocycles. The molecule has 0 saturated carbocycles. The van der Waals surface area contributed by atoms with Crippen LogP contribution in [0.25, 0.3) is 0 Å². The van der Waals surface area contributed by atoms with Crippen molar-refractivity contribution < 1.29 is 5.06 Å². The Morgan fingerprint density at radius 1 is 0.842 bits per heavy atom. The number of nitrogens with zero attached hydrogens (tertiary/aromatic N) is 1. The summed E-state index contributed by atoms with van der Waals surface area (Å²) < 4.78 is 0. The molecule has 3 nitrogen and oxygen atoms in total. The van der Waals surface area contributed by atoms with Crippen molar-refractivity contribution in [2.45, 2.75) is 65.2 Å². The number of hydroxylamine groups is 2. The van der Waals surface area contributed by atoms with Crippen LogP contribution < -0.4 is 5.06 Å². The maximum absolute atomic E-state index is 9.44. The van der Waals surface area contributed by atoms with Crippen LogP contribution >= 0.6 is 0 Å². The monoisotopic (exact) mass is 274 g/mol. The quantitative estimate of drug-likeness (QED) is 0.490. The van der Waals surface area contributed by atoms with Crippen LogP contribution in [-0.4, -0.2) is 39.6 Å². The van der Waals surface area contributed by atoms with E-state index in [-0.39, 0.29) is 5.06 Å². The number of nitrogens with one attached hydrogen (secondary N) is 1. The third kappa shape index (κ3) is 31.9. The average molecular weight is 274 g/mol. The summed E-state index contributed by atoms with van der Waals surface area (Å²) >= 11 is 0. The van der Waals surface area contributed by atoms with E-state index >= 15 is 0 Å². The van der Waals surface area contributed by atoms with Crippen LogP contribution in [0.5, 0.6) is 0 Å². The lowest BCUT2D eigenvalue weighted by molar-refractivity contribution is -0.802. The van der Waals surface area contributed by atoms with Crippen LogP contribution in [0.1, 0.15) is 65.2 Å². The van der Waals surface area contributed by atoms with Gasteiger partial charge in [-0.3, -0.25) is 0 Å². The number of hydrogen-bond donors (Lipinski definition) is 1. The van der Waals surface area contributed by atoms with Gasteiger partial charge in [0, 0.05) is 0 Å². The molecule has 0 spiro atoms. The van der Waals surface area contributed by atoms with E-state index in [1.165, 1.54) is 72.0 Å². The fourth-order valence-corrected chi connectivity index (χ4v) is 1.86. The molecule has 0 aromatic heterocycles. The number of rotatable bonds is 10. The van der Waals surface area contributed by atoms with Gasteiger partial charge in [0.15, 0.2) is 0 Å². The van der Waals surface area contributed by atoms with Crippen molar-refractivity contribution in [3.8, 4) is 0 Å². The molecule has 0 aromatic carbocycles. The molecule has 0 unspecified atom stereocenters. The molecule has 118 valence electrons. The fraction of sp³-hybridized carbons (Fsp3) is 1.00. The van der Waals surface area contributed by atoms with Crippen molar-refractivity contribution in [2.75, 3.05) is 34.7 Å². The van der Waals surface area contributed by atoms with E-state index in [4.69, 9.17) is 0 Å². The third-order valence-corrected chi connectivity index (χ3v) is 2.89. The van der Waals surface area contributed by atoms with E-state index in [0.29, 0.717) is 0 Å². The van der Waals surface area contributed by atoms with Gasteiger partial charge in [0.05, 0.1) is 14.1 Å². The van der Waals surface area contributed by atoms with E-state index < -0.39 is 0 Å². The maximum Gasteiger partial charge on any atom is 0.0660 e. The van der Waals surface area contributed by atoms with Crippen LogP contribution in [0.15, 0.2) is 0 Å². The van der Waals surface area contributed by atoms with Gasteiger partial charge in [0.2, 0.25) is 0 Å². The van der Waals surface area contributed by atoms with Gasteiger partial charge in [0.25, 0.3) is 0 Å². The van der Waals surface area contributed by atoms with Gasteiger partial charge >= 0.3 is 0 Å². The van der Waals surface area contributed by atoms with Crippen LogP contribution in [-0.2, 0) is 0 Å². The van der Waals surface area contributed by atoms with Crippen molar-refractivity contribution >= 4 is 0 Å². The summed E-state index contributed by atoms with van der Waals surface area (Å²) in [6.07, 6.45) is 11.4. The van der Waals surface area contributed by atoms with E-state index in [2.05, 4.69) is 32.8 Å². The van der Waals surface area contributed by atoms with Crippen molar-refractivity contribution in [2.24, 2.45) is 5.92 Å². The summed E-state index contributed by atoms with van der Waals surface area (Å²) in [4.78, 5) is 2.28. The van der Waals surface area contributed by atoms with Gasteiger partial charge in [-0.15, -0.1) is 0 Å². The van der Waals surface area contributed by atoms with Gasteiger partial charge in [-0.25, -0.2) is 0 Å². The van der Waals surface area contributed by atoms with Crippen LogP contribution in [0.4, 0.5) is 0 Å². The Kier molecular flexibility index (Phi) is 17.8. The van der Waals surface area contributed by atoms with Gasteiger partial charge in [-0.05, 0) is 33.0 Å². The molecule has 0 saturated heterocycles. The predicted octanol–water partition coefficient (Wildman–Crippen LogP) is 2.95. The van der Waals surface area contributed by atoms with Gasteiger partial charge in [-0.1, -0.05) is 58.8 Å². The first-order valence-corrected chi connectivity index (χ1v) is 7.98. The fourth-order valence-electron chi connectivity index (χ4n) is 1.86. The Balaban J connectivity index is 0. The van der Waals surface area contributed by atoms with E-state index in [0.717, 1.165) is 5.92 Å². The molecule has 0 aliphatic carbocycles. The highest BCUT2D eigenvalue weighted by Gasteiger charge is 1.95. The average Bonchev–Trinajstić information content (AvgIpc) is 2.25. The molecule has 1 N–H and O–H groups in total. The third-order valence-electron chi connectivity index (χ3n) is 2.89. The maximum atomic E-state index is 9.44. The summed E-state index contributed by atoms with van der Waals surface area (Å²) in [6, 6.07) is 0. The Morgan fingerprint density at radius 3 is 1.58 bits per heavy atom. The standard InChI is InChI=1S/C14H31N.C2H7NO/c1-14(2)12-10-8-6-5-7-9-11-13-15(3)4;1-3(2)4/h14H,5-13H2,1-4H3;3H,1-2H3. The molecule has 0 fully saturated rings. The van der Waals surface area contributed by atoms with Gasteiger partial charge in [0.1, 0.15) is 0 Å². The Hall–Kier alpha value is -0.120. The minimum Gasteiger partial charge on any atom is -0.635 e. The second-order valence-corrected chi connectivity index (χ2v) is 6.37. The first-order valence-electron chi connectivity index (χ1n) is 7.98. The largest absolute Gasteiger partial charge is 0.635 e. The van der Waals surface area contributed by atoms with Crippen LogP contribution in [0.2, 0.25) is 0 Å². The highest BCUT2D eigenvalue weighted by atomic mass is 16.5. The van der Waals surface area contributed by atoms with Crippen molar-refractivity contribution in [1.29, 1.82) is 0 Å². The van der Waals surface area contributed by atoms with Crippen molar-refractivity contribution in [3.63, 3.8) is 0 Å². The first kappa shape index (κ1) is 21.2. The zero-order valence-corrected chi connectivity index (χ0v) is 14.3. The smallest absolute Gasteiger partial charge is 0.0660 e. The van der Waals surface area contributed by atoms with Gasteiger partial charge < -0.3 is 15.2 Å². The molecule has 0 radical (unpaired) electrons. The Bertz CT molecular complexity index is 142. The second-order valence-electron chi connectivity index (χ2n) is 6.37. The highest BCUT2D eigenvalue weighted by Crippen LogP contribution is 2.11. The van der Waals surface area contributed by atoms with E-state index in [1.807, 2.05) is 0 Å². The second kappa shape index (κ2) is 15.9. The molecule has 0 aromatic rings. The lowest BCUT2D eigenvalue weighted by Crippen LogP contribution is -3.00. The molecule has 19 heavy (non-hydrogen) atoms. The minimum absolute atomic E-state index is 0.167. The molecular weight excluding hydrogens is 236 g/mol. The minimum atomic E-state index is 0.167. The lowest BCUT2D eigenvalue weighted by Gasteiger charge is -2.08. The SMILES string of the molecule is CC(C)CCCCCCCCCN(C)C.C[NH+](C)[O-]. The highest BCUT2D eigenvalue weighted by molar-refractivity contribution is 4.50. The van der Waals surface area contributed by atoms with E-state index in [9.17, 15) is 5.21 Å². The van der Waals surface area contributed by atoms with E-state index in [1.54, 1.807) is 0 Å². The zero-order chi connectivity index (χ0) is 15.1. The Morgan fingerprint density at radius 2 is 1.21 bits per heavy atom. The normalized spacial score (nSPS) is 11.1. The predicted molar refractivity (Wildman–Crippen MR) is 86.5 cm³/mol. The number of hydrogen-bond acceptors (Lipinski definition) is 2. The van der Waals surface area contributed by atoms with Crippen molar-refractivity contribution in [1.82, 2.24) is 4.90 Å². The molecule has 0 heterocycles. The summed E-state index contributed by atoms with van der Waals surface area (Å²) in [5.41, 5.74) is 0. The molecule has 0 rings (SSSR count). The van der Waals surface area contributed by atoms with Gasteiger partial charge in [-0.2, -0.15) is 0 Å². The molecule has 0 aliphatic rings. The summed E-state index contributed by atoms with van der Waals surface area (Å²) in [5.74, 6) is 0.894. The summed E-state index contributed by atoms with van der Waals surface area (Å²) in [6.45, 7) is 5.90. The molecular formula is C16H38N2O. The van der Waals surface area contributed by atoms with Crippen LogP contribution in [0, 0.1) is 11.1 Å². The number of quaternary nitrogens is 1. The summed E-state index contributed by atoms with van der Waals surface area (Å²) in [5, 5.41) is 9.61.